The van der Waals surface area contributed by atoms with Gasteiger partial charge < -0.3 is 10.8 Å². The van der Waals surface area contributed by atoms with Crippen LogP contribution in [0, 0.1) is 5.41 Å². The molecular weight excluding hydrogens is 306 g/mol. The quantitative estimate of drug-likeness (QED) is 0.212. The summed E-state index contributed by atoms with van der Waals surface area (Å²) in [7, 11) is 0. The first-order chi connectivity index (χ1) is 11.8. The summed E-state index contributed by atoms with van der Waals surface area (Å²) in [6, 6.07) is 0. The standard InChI is InChI=1S/C23H49NO/c1-5-6-7-8-9-10-11-12-13-14-15-16-17-18-19-20-21-23(24,25)22(2,3)4/h25H,5-21,24H2,1-4H3. The maximum absolute atomic E-state index is 10.2. The van der Waals surface area contributed by atoms with Gasteiger partial charge >= 0.3 is 0 Å². The first-order valence-corrected chi connectivity index (χ1v) is 11.3. The van der Waals surface area contributed by atoms with E-state index in [4.69, 9.17) is 5.73 Å². The molecule has 0 aromatic carbocycles. The molecule has 1 atom stereocenters. The molecule has 0 radical (unpaired) electrons. The Morgan fingerprint density at radius 3 is 1.12 bits per heavy atom. The Hall–Kier alpha value is -0.0800. The zero-order chi connectivity index (χ0) is 19.0. The van der Waals surface area contributed by atoms with Crippen LogP contribution in [0.25, 0.3) is 0 Å². The van der Waals surface area contributed by atoms with Gasteiger partial charge in [-0.1, -0.05) is 124 Å². The monoisotopic (exact) mass is 355 g/mol. The Morgan fingerprint density at radius 1 is 0.560 bits per heavy atom. The van der Waals surface area contributed by atoms with Crippen molar-refractivity contribution in [2.24, 2.45) is 11.1 Å². The molecule has 0 amide bonds. The molecule has 0 bridgehead atoms. The molecular formula is C23H49NO. The van der Waals surface area contributed by atoms with Crippen molar-refractivity contribution in [3.63, 3.8) is 0 Å². The third-order valence-electron chi connectivity index (χ3n) is 5.71. The summed E-state index contributed by atoms with van der Waals surface area (Å²) in [5.74, 6) is 0. The van der Waals surface area contributed by atoms with Crippen LogP contribution in [0.5, 0.6) is 0 Å². The molecule has 0 saturated carbocycles. The molecule has 0 spiro atoms. The van der Waals surface area contributed by atoms with Crippen molar-refractivity contribution in [1.29, 1.82) is 0 Å². The second-order valence-corrected chi connectivity index (χ2v) is 9.23. The molecule has 0 aliphatic rings. The second kappa shape index (κ2) is 15.0. The van der Waals surface area contributed by atoms with Crippen molar-refractivity contribution >= 4 is 0 Å². The fraction of sp³-hybridized carbons (Fsp3) is 1.00. The molecule has 152 valence electrons. The van der Waals surface area contributed by atoms with Crippen molar-refractivity contribution in [3.05, 3.63) is 0 Å². The molecule has 0 aromatic rings. The number of hydrogen-bond acceptors (Lipinski definition) is 2. The lowest BCUT2D eigenvalue weighted by Crippen LogP contribution is -2.51. The maximum atomic E-state index is 10.2. The van der Waals surface area contributed by atoms with Crippen LogP contribution in [0.2, 0.25) is 0 Å². The average molecular weight is 356 g/mol. The van der Waals surface area contributed by atoms with E-state index in [-0.39, 0.29) is 5.41 Å². The molecule has 2 heteroatoms. The number of rotatable bonds is 17. The lowest BCUT2D eigenvalue weighted by molar-refractivity contribution is -0.0609. The van der Waals surface area contributed by atoms with Gasteiger partial charge in [-0.05, 0) is 12.8 Å². The van der Waals surface area contributed by atoms with Crippen LogP contribution in [0.3, 0.4) is 0 Å². The van der Waals surface area contributed by atoms with E-state index in [0.29, 0.717) is 0 Å². The third kappa shape index (κ3) is 14.7. The lowest BCUT2D eigenvalue weighted by atomic mass is 9.80. The summed E-state index contributed by atoms with van der Waals surface area (Å²) in [4.78, 5) is 0. The van der Waals surface area contributed by atoms with Crippen LogP contribution in [0.15, 0.2) is 0 Å². The lowest BCUT2D eigenvalue weighted by Gasteiger charge is -2.36. The van der Waals surface area contributed by atoms with Gasteiger partial charge in [0.25, 0.3) is 0 Å². The zero-order valence-corrected chi connectivity index (χ0v) is 18.0. The summed E-state index contributed by atoms with van der Waals surface area (Å²) >= 11 is 0. The Balaban J connectivity index is 3.22. The van der Waals surface area contributed by atoms with Crippen LogP contribution in [0.4, 0.5) is 0 Å². The number of unbranched alkanes of at least 4 members (excludes halogenated alkanes) is 15. The van der Waals surface area contributed by atoms with Gasteiger partial charge in [-0.3, -0.25) is 0 Å². The van der Waals surface area contributed by atoms with Crippen LogP contribution in [0.1, 0.15) is 137 Å². The van der Waals surface area contributed by atoms with E-state index in [1.807, 2.05) is 20.8 Å². The molecule has 3 N–H and O–H groups in total. The van der Waals surface area contributed by atoms with Gasteiger partial charge in [0, 0.05) is 5.41 Å². The van der Waals surface area contributed by atoms with Gasteiger partial charge in [0.15, 0.2) is 0 Å². The number of aliphatic hydroxyl groups is 1. The molecule has 1 unspecified atom stereocenters. The van der Waals surface area contributed by atoms with Crippen molar-refractivity contribution < 1.29 is 5.11 Å². The van der Waals surface area contributed by atoms with Crippen molar-refractivity contribution in [1.82, 2.24) is 0 Å². The van der Waals surface area contributed by atoms with Crippen LogP contribution in [-0.4, -0.2) is 10.8 Å². The first-order valence-electron chi connectivity index (χ1n) is 11.3. The predicted octanol–water partition coefficient (Wildman–Crippen LogP) is 7.33. The van der Waals surface area contributed by atoms with E-state index < -0.39 is 5.72 Å². The van der Waals surface area contributed by atoms with Gasteiger partial charge in [0.2, 0.25) is 0 Å². The highest BCUT2D eigenvalue weighted by atomic mass is 16.3. The normalized spacial score (nSPS) is 14.6. The van der Waals surface area contributed by atoms with Crippen LogP contribution >= 0.6 is 0 Å². The SMILES string of the molecule is CCCCCCCCCCCCCCCCCCC(N)(O)C(C)(C)C. The average Bonchev–Trinajstić information content (AvgIpc) is 2.53. The molecule has 0 aliphatic heterocycles. The minimum Gasteiger partial charge on any atom is -0.376 e. The highest BCUT2D eigenvalue weighted by Gasteiger charge is 2.35. The predicted molar refractivity (Wildman–Crippen MR) is 113 cm³/mol. The van der Waals surface area contributed by atoms with Gasteiger partial charge in [0.1, 0.15) is 5.72 Å². The highest BCUT2D eigenvalue weighted by Crippen LogP contribution is 2.30. The van der Waals surface area contributed by atoms with Crippen LogP contribution in [-0.2, 0) is 0 Å². The molecule has 25 heavy (non-hydrogen) atoms. The van der Waals surface area contributed by atoms with E-state index in [9.17, 15) is 5.11 Å². The summed E-state index contributed by atoms with van der Waals surface area (Å²) < 4.78 is 0. The van der Waals surface area contributed by atoms with E-state index in [1.54, 1.807) is 0 Å². The molecule has 2 nitrogen and oxygen atoms in total. The van der Waals surface area contributed by atoms with E-state index in [2.05, 4.69) is 6.92 Å². The number of hydrogen-bond donors (Lipinski definition) is 2. The zero-order valence-electron chi connectivity index (χ0n) is 18.0. The summed E-state index contributed by atoms with van der Waals surface area (Å²) in [6.45, 7) is 8.32. The summed E-state index contributed by atoms with van der Waals surface area (Å²) in [5, 5.41) is 10.2. The molecule has 0 fully saturated rings. The topological polar surface area (TPSA) is 46.2 Å². The minimum absolute atomic E-state index is 0.234. The van der Waals surface area contributed by atoms with Crippen LogP contribution < -0.4 is 5.73 Å². The molecule has 0 aromatic heterocycles. The van der Waals surface area contributed by atoms with E-state index in [1.165, 1.54) is 96.3 Å². The largest absolute Gasteiger partial charge is 0.376 e. The van der Waals surface area contributed by atoms with Gasteiger partial charge in [-0.15, -0.1) is 0 Å². The summed E-state index contributed by atoms with van der Waals surface area (Å²) in [5.41, 5.74) is 4.75. The first kappa shape index (κ1) is 24.9. The second-order valence-electron chi connectivity index (χ2n) is 9.23. The molecule has 0 aliphatic carbocycles. The van der Waals surface area contributed by atoms with Crippen molar-refractivity contribution in [2.45, 2.75) is 143 Å². The molecule has 0 saturated heterocycles. The van der Waals surface area contributed by atoms with Crippen molar-refractivity contribution in [3.8, 4) is 0 Å². The fourth-order valence-corrected chi connectivity index (χ4v) is 3.32. The molecule has 0 rings (SSSR count). The third-order valence-corrected chi connectivity index (χ3v) is 5.71. The highest BCUT2D eigenvalue weighted by molar-refractivity contribution is 4.84. The van der Waals surface area contributed by atoms with Gasteiger partial charge in [-0.2, -0.15) is 0 Å². The molecule has 0 heterocycles. The van der Waals surface area contributed by atoms with Crippen molar-refractivity contribution in [2.75, 3.05) is 0 Å². The Kier molecular flexibility index (Phi) is 15.0. The van der Waals surface area contributed by atoms with Gasteiger partial charge in [0.05, 0.1) is 0 Å². The number of nitrogens with two attached hydrogens (primary N) is 1. The van der Waals surface area contributed by atoms with E-state index >= 15 is 0 Å². The Labute approximate surface area is 159 Å². The Morgan fingerprint density at radius 2 is 0.840 bits per heavy atom. The minimum atomic E-state index is -1.02. The van der Waals surface area contributed by atoms with Gasteiger partial charge in [-0.25, -0.2) is 0 Å². The Bertz CT molecular complexity index is 280. The fourth-order valence-electron chi connectivity index (χ4n) is 3.32. The smallest absolute Gasteiger partial charge is 0.118 e. The summed E-state index contributed by atoms with van der Waals surface area (Å²) in [6.07, 6.45) is 22.7. The maximum Gasteiger partial charge on any atom is 0.118 e. The van der Waals surface area contributed by atoms with E-state index in [0.717, 1.165) is 12.8 Å².